The Balaban J connectivity index is 0.000000786. The van der Waals surface area contributed by atoms with E-state index in [1.807, 2.05) is 18.2 Å². The summed E-state index contributed by atoms with van der Waals surface area (Å²) in [5.41, 5.74) is 0.888. The maximum absolute atomic E-state index is 12.6. The number of nitrogens with zero attached hydrogens (tertiary/aromatic N) is 3. The van der Waals surface area contributed by atoms with E-state index in [-0.39, 0.29) is 17.9 Å². The summed E-state index contributed by atoms with van der Waals surface area (Å²) in [5.74, 6) is -7.89. The summed E-state index contributed by atoms with van der Waals surface area (Å²) in [6.07, 6.45) is -13.3. The number of likely N-dealkylation sites (N-methyl/N-ethyl adjacent to an activating group) is 1. The van der Waals surface area contributed by atoms with Crippen LogP contribution in [-0.2, 0) is 30.5 Å². The van der Waals surface area contributed by atoms with Gasteiger partial charge in [-0.1, -0.05) is 19.9 Å². The van der Waals surface area contributed by atoms with Crippen LogP contribution in [0.4, 0.5) is 39.5 Å². The molecule has 4 N–H and O–H groups in total. The van der Waals surface area contributed by atoms with Gasteiger partial charge in [-0.15, -0.1) is 0 Å². The van der Waals surface area contributed by atoms with Crippen molar-refractivity contribution in [3.8, 4) is 0 Å². The number of amides is 1. The summed E-state index contributed by atoms with van der Waals surface area (Å²) in [6, 6.07) is 5.75. The van der Waals surface area contributed by atoms with Gasteiger partial charge >= 0.3 is 36.4 Å². The second-order valence-electron chi connectivity index (χ2n) is 9.38. The molecular weight excluding hydrogens is 655 g/mol. The van der Waals surface area contributed by atoms with Crippen molar-refractivity contribution in [1.29, 1.82) is 0 Å². The van der Waals surface area contributed by atoms with Gasteiger partial charge in [0.25, 0.3) is 0 Å². The predicted octanol–water partition coefficient (Wildman–Crippen LogP) is 2.89. The molecule has 12 nitrogen and oxygen atoms in total. The van der Waals surface area contributed by atoms with E-state index in [9.17, 15) is 44.3 Å². The third-order valence-corrected chi connectivity index (χ3v) is 6.25. The quantitative estimate of drug-likeness (QED) is 0.297. The van der Waals surface area contributed by atoms with Gasteiger partial charge in [0.2, 0.25) is 5.91 Å². The highest BCUT2D eigenvalue weighted by Crippen LogP contribution is 2.33. The number of pyridine rings is 1. The number of fused-ring (bicyclic) bond motifs is 1. The zero-order valence-corrected chi connectivity index (χ0v) is 24.3. The SMILES string of the molecule is CCN(CC)CCN1C[C@@H]2[C@@H](C(=O)NCc3ccccn3)CO[C@@H]2C1.O=C(O)C(F)(F)F.O=C(O)C(F)(F)F.O=C(O)C(F)(F)F. The molecule has 46 heavy (non-hydrogen) atoms. The Morgan fingerprint density at radius 3 is 1.76 bits per heavy atom. The van der Waals surface area contributed by atoms with Crippen molar-refractivity contribution < 1.29 is 78.7 Å². The smallest absolute Gasteiger partial charge is 0.475 e. The third kappa shape index (κ3) is 16.5. The number of alkyl halides is 9. The number of aromatic nitrogens is 1. The number of halogens is 9. The summed E-state index contributed by atoms with van der Waals surface area (Å²) in [5, 5.41) is 24.4. The molecule has 1 amide bonds. The van der Waals surface area contributed by atoms with Gasteiger partial charge in [-0.25, -0.2) is 14.4 Å². The maximum atomic E-state index is 12.6. The second kappa shape index (κ2) is 19.1. The van der Waals surface area contributed by atoms with Crippen LogP contribution in [-0.4, -0.2) is 124 Å². The molecule has 264 valence electrons. The van der Waals surface area contributed by atoms with E-state index in [1.54, 1.807) is 6.20 Å². The van der Waals surface area contributed by atoms with E-state index < -0.39 is 36.4 Å². The van der Waals surface area contributed by atoms with E-state index in [0.717, 1.165) is 45.0 Å². The number of nitrogens with one attached hydrogen (secondary N) is 1. The molecule has 2 fully saturated rings. The third-order valence-electron chi connectivity index (χ3n) is 6.25. The lowest BCUT2D eigenvalue weighted by atomic mass is 9.92. The lowest BCUT2D eigenvalue weighted by molar-refractivity contribution is -0.193. The molecular formula is C25H33F9N4O8. The molecule has 1 aromatic rings. The Morgan fingerprint density at radius 1 is 0.891 bits per heavy atom. The molecule has 1 aromatic heterocycles. The van der Waals surface area contributed by atoms with Gasteiger partial charge in [-0.2, -0.15) is 39.5 Å². The van der Waals surface area contributed by atoms with Crippen molar-refractivity contribution in [2.75, 3.05) is 45.9 Å². The van der Waals surface area contributed by atoms with Crippen molar-refractivity contribution in [3.63, 3.8) is 0 Å². The van der Waals surface area contributed by atoms with E-state index in [0.29, 0.717) is 19.1 Å². The summed E-state index contributed by atoms with van der Waals surface area (Å²) in [6.45, 7) is 11.7. The molecule has 0 aromatic carbocycles. The largest absolute Gasteiger partial charge is 0.490 e. The van der Waals surface area contributed by atoms with Crippen LogP contribution in [0.15, 0.2) is 24.4 Å². The fraction of sp³-hybridized carbons (Fsp3) is 0.640. The molecule has 0 aliphatic carbocycles. The lowest BCUT2D eigenvalue weighted by Crippen LogP contribution is -2.38. The highest BCUT2D eigenvalue weighted by Gasteiger charge is 2.46. The van der Waals surface area contributed by atoms with Gasteiger partial charge in [0.15, 0.2) is 0 Å². The maximum Gasteiger partial charge on any atom is 0.490 e. The first-order valence-electron chi connectivity index (χ1n) is 13.2. The number of likely N-dealkylation sites (tertiary alicyclic amines) is 1. The number of hydrogen-bond donors (Lipinski definition) is 4. The molecule has 0 bridgehead atoms. The van der Waals surface area contributed by atoms with E-state index >= 15 is 0 Å². The monoisotopic (exact) mass is 688 g/mol. The Labute approximate surface area is 256 Å². The number of carbonyl (C=O) groups excluding carboxylic acids is 1. The highest BCUT2D eigenvalue weighted by molar-refractivity contribution is 5.79. The molecule has 21 heteroatoms. The summed E-state index contributed by atoms with van der Waals surface area (Å²) >= 11 is 0. The van der Waals surface area contributed by atoms with Gasteiger partial charge in [-0.05, 0) is 25.2 Å². The molecule has 0 unspecified atom stereocenters. The number of aliphatic carboxylic acids is 3. The number of ether oxygens (including phenoxy) is 1. The van der Waals surface area contributed by atoms with Gasteiger partial charge in [0, 0.05) is 38.3 Å². The molecule has 0 spiro atoms. The number of carboxylic acids is 3. The molecule has 2 saturated heterocycles. The van der Waals surface area contributed by atoms with Crippen molar-refractivity contribution in [2.24, 2.45) is 11.8 Å². The molecule has 3 atom stereocenters. The number of hydrogen-bond acceptors (Lipinski definition) is 8. The summed E-state index contributed by atoms with van der Waals surface area (Å²) in [7, 11) is 0. The van der Waals surface area contributed by atoms with Gasteiger partial charge < -0.3 is 30.3 Å². The van der Waals surface area contributed by atoms with E-state index in [4.69, 9.17) is 34.4 Å². The van der Waals surface area contributed by atoms with Crippen molar-refractivity contribution in [2.45, 2.75) is 45.0 Å². The van der Waals surface area contributed by atoms with Crippen LogP contribution in [0.2, 0.25) is 0 Å². The first-order chi connectivity index (χ1) is 21.0. The van der Waals surface area contributed by atoms with Crippen molar-refractivity contribution in [1.82, 2.24) is 20.1 Å². The summed E-state index contributed by atoms with van der Waals surface area (Å²) < 4.78 is 101. The van der Waals surface area contributed by atoms with Crippen molar-refractivity contribution >= 4 is 23.8 Å². The van der Waals surface area contributed by atoms with E-state index in [2.05, 4.69) is 33.9 Å². The fourth-order valence-corrected chi connectivity index (χ4v) is 3.88. The van der Waals surface area contributed by atoms with Crippen LogP contribution in [0.25, 0.3) is 0 Å². The minimum atomic E-state index is -5.08. The molecule has 3 rings (SSSR count). The minimum Gasteiger partial charge on any atom is -0.475 e. The number of carbonyl (C=O) groups is 4. The Bertz CT molecular complexity index is 1040. The molecule has 0 saturated carbocycles. The van der Waals surface area contributed by atoms with Gasteiger partial charge in [0.1, 0.15) is 0 Å². The molecule has 2 aliphatic heterocycles. The van der Waals surface area contributed by atoms with Crippen LogP contribution >= 0.6 is 0 Å². The predicted molar refractivity (Wildman–Crippen MR) is 138 cm³/mol. The Morgan fingerprint density at radius 2 is 1.37 bits per heavy atom. The van der Waals surface area contributed by atoms with Crippen LogP contribution in [0.3, 0.4) is 0 Å². The highest BCUT2D eigenvalue weighted by atomic mass is 19.4. The molecule has 3 heterocycles. The zero-order valence-electron chi connectivity index (χ0n) is 24.3. The fourth-order valence-electron chi connectivity index (χ4n) is 3.88. The molecule has 0 radical (unpaired) electrons. The first-order valence-corrected chi connectivity index (χ1v) is 13.2. The van der Waals surface area contributed by atoms with E-state index in [1.165, 1.54) is 0 Å². The van der Waals surface area contributed by atoms with Crippen LogP contribution in [0.1, 0.15) is 19.5 Å². The van der Waals surface area contributed by atoms with Gasteiger partial charge in [0.05, 0.1) is 30.9 Å². The van der Waals surface area contributed by atoms with Crippen LogP contribution < -0.4 is 5.32 Å². The lowest BCUT2D eigenvalue weighted by Gasteiger charge is -2.23. The minimum absolute atomic E-state index is 0.0350. The normalized spacial score (nSPS) is 19.3. The topological polar surface area (TPSA) is 170 Å². The Kier molecular flexibility index (Phi) is 17.5. The average Bonchev–Trinajstić information content (AvgIpc) is 3.53. The second-order valence-corrected chi connectivity index (χ2v) is 9.38. The standard InChI is InChI=1S/C19H30N4O2.3C2HF3O2/c1-3-22(4-2)9-10-23-12-16-17(14-25-18(16)13-23)19(24)21-11-15-7-5-6-8-20-15;3*3-2(4,5)1(6)7/h5-8,16-18H,3-4,9-14H2,1-2H3,(H,21,24);3*(H,6,7)/t16-,17+,18-;;;/m1.../s1. The number of rotatable bonds is 8. The summed E-state index contributed by atoms with van der Waals surface area (Å²) in [4.78, 5) is 48.4. The number of carboxylic acid groups (broad SMARTS) is 3. The van der Waals surface area contributed by atoms with Gasteiger partial charge in [-0.3, -0.25) is 14.7 Å². The Hall–Kier alpha value is -3.72. The molecule has 2 aliphatic rings. The zero-order chi connectivity index (χ0) is 35.9. The average molecular weight is 689 g/mol. The van der Waals surface area contributed by atoms with Crippen LogP contribution in [0, 0.1) is 11.8 Å². The van der Waals surface area contributed by atoms with Crippen LogP contribution in [0.5, 0.6) is 0 Å². The first kappa shape index (κ1) is 42.3. The van der Waals surface area contributed by atoms with Crippen molar-refractivity contribution in [3.05, 3.63) is 30.1 Å².